The normalized spacial score (nSPS) is 10.5. The van der Waals surface area contributed by atoms with Crippen LogP contribution in [0, 0.1) is 0 Å². The van der Waals surface area contributed by atoms with E-state index in [0.29, 0.717) is 17.1 Å². The average Bonchev–Trinajstić information content (AvgIpc) is 2.97. The number of nitrogens with one attached hydrogen (secondary N) is 1. The number of hydrogen-bond acceptors (Lipinski definition) is 3. The monoisotopic (exact) mass is 309 g/mol. The number of thioether (sulfide) groups is 1. The van der Waals surface area contributed by atoms with E-state index in [1.165, 1.54) is 0 Å². The van der Waals surface area contributed by atoms with Gasteiger partial charge in [-0.05, 0) is 36.9 Å². The molecule has 1 aromatic carbocycles. The topological polar surface area (TPSA) is 46.9 Å². The highest BCUT2D eigenvalue weighted by Gasteiger charge is 2.10. The fourth-order valence-corrected chi connectivity index (χ4v) is 2.42. The number of aryl methyl sites for hydroxylation is 1. The Bertz CT molecular complexity index is 572. The molecule has 2 aromatic rings. The van der Waals surface area contributed by atoms with E-state index < -0.39 is 0 Å². The molecule has 6 heteroatoms. The molecular formula is C14H16ClN3OS. The van der Waals surface area contributed by atoms with Gasteiger partial charge in [0.2, 0.25) is 0 Å². The van der Waals surface area contributed by atoms with Crippen LogP contribution in [-0.2, 0) is 6.54 Å². The lowest BCUT2D eigenvalue weighted by atomic mass is 10.2. The van der Waals surface area contributed by atoms with Gasteiger partial charge in [-0.2, -0.15) is 5.10 Å². The Hall–Kier alpha value is -1.46. The van der Waals surface area contributed by atoms with Gasteiger partial charge in [-0.15, -0.1) is 11.8 Å². The van der Waals surface area contributed by atoms with Crippen LogP contribution in [0.1, 0.15) is 16.8 Å². The van der Waals surface area contributed by atoms with E-state index in [1.54, 1.807) is 24.0 Å². The first-order chi connectivity index (χ1) is 9.70. The second-order valence-electron chi connectivity index (χ2n) is 4.22. The van der Waals surface area contributed by atoms with Gasteiger partial charge >= 0.3 is 0 Å². The molecule has 0 bridgehead atoms. The van der Waals surface area contributed by atoms with Gasteiger partial charge in [0.25, 0.3) is 5.91 Å². The summed E-state index contributed by atoms with van der Waals surface area (Å²) in [6.07, 6.45) is 6.44. The lowest BCUT2D eigenvalue weighted by Gasteiger charge is -2.08. The molecule has 20 heavy (non-hydrogen) atoms. The third-order valence-electron chi connectivity index (χ3n) is 2.83. The standard InChI is InChI=1S/C14H16ClN3OS/c1-20-11-4-5-13(15)12(10-11)14(19)16-6-2-8-18-9-3-7-17-18/h3-5,7,9-10H,2,6,8H2,1H3,(H,16,19). The largest absolute Gasteiger partial charge is 0.352 e. The number of carbonyl (C=O) groups excluding carboxylic acids is 1. The Morgan fingerprint density at radius 1 is 1.50 bits per heavy atom. The zero-order chi connectivity index (χ0) is 14.4. The highest BCUT2D eigenvalue weighted by atomic mass is 35.5. The number of rotatable bonds is 6. The van der Waals surface area contributed by atoms with Crippen molar-refractivity contribution in [1.29, 1.82) is 0 Å². The molecule has 0 fully saturated rings. The Morgan fingerprint density at radius 2 is 2.35 bits per heavy atom. The van der Waals surface area contributed by atoms with Crippen molar-refractivity contribution in [2.75, 3.05) is 12.8 Å². The molecule has 1 heterocycles. The van der Waals surface area contributed by atoms with Crippen molar-refractivity contribution in [3.8, 4) is 0 Å². The molecular weight excluding hydrogens is 294 g/mol. The summed E-state index contributed by atoms with van der Waals surface area (Å²) in [4.78, 5) is 13.1. The smallest absolute Gasteiger partial charge is 0.252 e. The van der Waals surface area contributed by atoms with E-state index in [1.807, 2.05) is 35.3 Å². The number of aromatic nitrogens is 2. The predicted molar refractivity (Wildman–Crippen MR) is 82.4 cm³/mol. The first-order valence-corrected chi connectivity index (χ1v) is 7.90. The van der Waals surface area contributed by atoms with Gasteiger partial charge in [-0.25, -0.2) is 0 Å². The Morgan fingerprint density at radius 3 is 3.05 bits per heavy atom. The van der Waals surface area contributed by atoms with E-state index in [4.69, 9.17) is 11.6 Å². The van der Waals surface area contributed by atoms with Crippen LogP contribution >= 0.6 is 23.4 Å². The molecule has 1 amide bonds. The molecule has 0 spiro atoms. The van der Waals surface area contributed by atoms with Gasteiger partial charge < -0.3 is 5.32 Å². The third kappa shape index (κ3) is 4.02. The summed E-state index contributed by atoms with van der Waals surface area (Å²) >= 11 is 7.64. The molecule has 0 saturated heterocycles. The Kier molecular flexibility index (Phi) is 5.49. The molecule has 0 atom stereocenters. The predicted octanol–water partition coefficient (Wildman–Crippen LogP) is 3.08. The van der Waals surface area contributed by atoms with Crippen LogP contribution in [0.3, 0.4) is 0 Å². The molecule has 0 aliphatic rings. The van der Waals surface area contributed by atoms with Gasteiger partial charge in [0.15, 0.2) is 0 Å². The van der Waals surface area contributed by atoms with Crippen LogP contribution in [0.25, 0.3) is 0 Å². The maximum Gasteiger partial charge on any atom is 0.252 e. The summed E-state index contributed by atoms with van der Waals surface area (Å²) in [5, 5.41) is 7.47. The average molecular weight is 310 g/mol. The highest BCUT2D eigenvalue weighted by Crippen LogP contribution is 2.22. The SMILES string of the molecule is CSc1ccc(Cl)c(C(=O)NCCCn2cccn2)c1. The summed E-state index contributed by atoms with van der Waals surface area (Å²) in [5.74, 6) is -0.133. The Labute approximate surface area is 127 Å². The second-order valence-corrected chi connectivity index (χ2v) is 5.51. The maximum atomic E-state index is 12.1. The van der Waals surface area contributed by atoms with Gasteiger partial charge in [-0.3, -0.25) is 9.48 Å². The molecule has 1 aromatic heterocycles. The summed E-state index contributed by atoms with van der Waals surface area (Å²) in [6.45, 7) is 1.38. The van der Waals surface area contributed by atoms with Crippen LogP contribution in [0.5, 0.6) is 0 Å². The molecule has 0 unspecified atom stereocenters. The number of halogens is 1. The van der Waals surface area contributed by atoms with Crippen LogP contribution < -0.4 is 5.32 Å². The highest BCUT2D eigenvalue weighted by molar-refractivity contribution is 7.98. The van der Waals surface area contributed by atoms with Crippen molar-refractivity contribution in [2.45, 2.75) is 17.9 Å². The lowest BCUT2D eigenvalue weighted by Crippen LogP contribution is -2.25. The van der Waals surface area contributed by atoms with Crippen LogP contribution in [-0.4, -0.2) is 28.5 Å². The second kappa shape index (κ2) is 7.36. The first kappa shape index (κ1) is 14.9. The lowest BCUT2D eigenvalue weighted by molar-refractivity contribution is 0.0952. The van der Waals surface area contributed by atoms with Gasteiger partial charge in [-0.1, -0.05) is 11.6 Å². The Balaban J connectivity index is 1.85. The molecule has 0 aliphatic carbocycles. The first-order valence-electron chi connectivity index (χ1n) is 6.30. The minimum atomic E-state index is -0.133. The molecule has 0 saturated carbocycles. The zero-order valence-corrected chi connectivity index (χ0v) is 12.7. The molecule has 2 rings (SSSR count). The minimum absolute atomic E-state index is 0.133. The van der Waals surface area contributed by atoms with Crippen LogP contribution in [0.4, 0.5) is 0 Å². The molecule has 0 radical (unpaired) electrons. The molecule has 0 aliphatic heterocycles. The summed E-state index contributed by atoms with van der Waals surface area (Å²) in [5.41, 5.74) is 0.526. The number of amides is 1. The van der Waals surface area contributed by atoms with Crippen molar-refractivity contribution in [2.24, 2.45) is 0 Å². The van der Waals surface area contributed by atoms with Crippen molar-refractivity contribution in [1.82, 2.24) is 15.1 Å². The fraction of sp³-hybridized carbons (Fsp3) is 0.286. The number of carbonyl (C=O) groups is 1. The van der Waals surface area contributed by atoms with Crippen molar-refractivity contribution in [3.05, 3.63) is 47.2 Å². The summed E-state index contributed by atoms with van der Waals surface area (Å²) < 4.78 is 1.84. The van der Waals surface area contributed by atoms with Crippen molar-refractivity contribution < 1.29 is 4.79 Å². The number of hydrogen-bond donors (Lipinski definition) is 1. The number of nitrogens with zero attached hydrogens (tertiary/aromatic N) is 2. The number of benzene rings is 1. The van der Waals surface area contributed by atoms with E-state index in [0.717, 1.165) is 17.9 Å². The van der Waals surface area contributed by atoms with Crippen molar-refractivity contribution in [3.63, 3.8) is 0 Å². The maximum absolute atomic E-state index is 12.1. The molecule has 4 nitrogen and oxygen atoms in total. The van der Waals surface area contributed by atoms with E-state index in [2.05, 4.69) is 10.4 Å². The molecule has 1 N–H and O–H groups in total. The van der Waals surface area contributed by atoms with Gasteiger partial charge in [0, 0.05) is 30.4 Å². The van der Waals surface area contributed by atoms with Gasteiger partial charge in [0.05, 0.1) is 10.6 Å². The molecule has 106 valence electrons. The van der Waals surface area contributed by atoms with Crippen LogP contribution in [0.15, 0.2) is 41.6 Å². The van der Waals surface area contributed by atoms with Crippen molar-refractivity contribution >= 4 is 29.3 Å². The third-order valence-corrected chi connectivity index (χ3v) is 3.88. The van der Waals surface area contributed by atoms with E-state index in [-0.39, 0.29) is 5.91 Å². The fourth-order valence-electron chi connectivity index (χ4n) is 1.78. The summed E-state index contributed by atoms with van der Waals surface area (Å²) in [6, 6.07) is 7.36. The van der Waals surface area contributed by atoms with E-state index in [9.17, 15) is 4.79 Å². The van der Waals surface area contributed by atoms with Crippen LogP contribution in [0.2, 0.25) is 5.02 Å². The minimum Gasteiger partial charge on any atom is -0.352 e. The zero-order valence-electron chi connectivity index (χ0n) is 11.2. The van der Waals surface area contributed by atoms with E-state index >= 15 is 0 Å². The quantitative estimate of drug-likeness (QED) is 0.659. The summed E-state index contributed by atoms with van der Waals surface area (Å²) in [7, 11) is 0. The van der Waals surface area contributed by atoms with Gasteiger partial charge in [0.1, 0.15) is 0 Å².